The predicted octanol–water partition coefficient (Wildman–Crippen LogP) is -0.0217. The molecule has 0 aromatic carbocycles. The van der Waals surface area contributed by atoms with Gasteiger partial charge in [0.15, 0.2) is 0 Å². The molecule has 0 saturated carbocycles. The Morgan fingerprint density at radius 1 is 1.56 bits per heavy atom. The zero-order valence-corrected chi connectivity index (χ0v) is 10.4. The average molecular weight is 254 g/mol. The summed E-state index contributed by atoms with van der Waals surface area (Å²) in [5.74, 6) is -1.67. The Morgan fingerprint density at radius 2 is 2.28 bits per heavy atom. The molecule has 2 heterocycles. The van der Waals surface area contributed by atoms with Crippen LogP contribution in [0.1, 0.15) is 32.6 Å². The minimum absolute atomic E-state index is 0.134. The molecule has 6 heteroatoms. The quantitative estimate of drug-likeness (QED) is 0.741. The summed E-state index contributed by atoms with van der Waals surface area (Å²) in [6.07, 6.45) is 1.79. The van der Waals surface area contributed by atoms with Crippen LogP contribution >= 0.6 is 0 Å². The SMILES string of the molecule is CCC1(C(=O)O)CCCN1C(=O)C1CNC(=O)C1. The normalized spacial score (nSPS) is 31.5. The van der Waals surface area contributed by atoms with Crippen molar-refractivity contribution in [3.8, 4) is 0 Å². The van der Waals surface area contributed by atoms with Crippen LogP contribution < -0.4 is 5.32 Å². The lowest BCUT2D eigenvalue weighted by molar-refractivity contribution is -0.158. The van der Waals surface area contributed by atoms with E-state index < -0.39 is 17.4 Å². The number of carbonyl (C=O) groups is 3. The average Bonchev–Trinajstić information content (AvgIpc) is 2.94. The molecule has 2 atom stereocenters. The number of rotatable bonds is 3. The highest BCUT2D eigenvalue weighted by Gasteiger charge is 2.50. The molecule has 0 aliphatic carbocycles. The topological polar surface area (TPSA) is 86.7 Å². The van der Waals surface area contributed by atoms with Crippen molar-refractivity contribution in [3.05, 3.63) is 0 Å². The van der Waals surface area contributed by atoms with Crippen LogP contribution in [-0.4, -0.2) is 46.4 Å². The molecule has 0 aromatic heterocycles. The molecule has 0 aromatic rings. The number of carboxylic acids is 1. The highest BCUT2D eigenvalue weighted by atomic mass is 16.4. The van der Waals surface area contributed by atoms with Crippen molar-refractivity contribution in [1.82, 2.24) is 10.2 Å². The number of carboxylic acid groups (broad SMARTS) is 1. The third kappa shape index (κ3) is 1.85. The van der Waals surface area contributed by atoms with Crippen molar-refractivity contribution in [2.45, 2.75) is 38.1 Å². The van der Waals surface area contributed by atoms with Gasteiger partial charge in [0.25, 0.3) is 0 Å². The Balaban J connectivity index is 2.18. The standard InChI is InChI=1S/C12H18N2O4/c1-2-12(11(17)18)4-3-5-14(12)10(16)8-6-9(15)13-7-8/h8H,2-7H2,1H3,(H,13,15)(H,17,18). The first-order valence-electron chi connectivity index (χ1n) is 6.33. The van der Waals surface area contributed by atoms with Crippen LogP contribution in [0.15, 0.2) is 0 Å². The summed E-state index contributed by atoms with van der Waals surface area (Å²) in [4.78, 5) is 36.4. The summed E-state index contributed by atoms with van der Waals surface area (Å²) in [5, 5.41) is 12.0. The van der Waals surface area contributed by atoms with E-state index in [1.54, 1.807) is 6.92 Å². The van der Waals surface area contributed by atoms with Crippen molar-refractivity contribution in [1.29, 1.82) is 0 Å². The fourth-order valence-electron chi connectivity index (χ4n) is 2.94. The number of hydrogen-bond donors (Lipinski definition) is 2. The number of hydrogen-bond acceptors (Lipinski definition) is 3. The Morgan fingerprint density at radius 3 is 2.78 bits per heavy atom. The maximum Gasteiger partial charge on any atom is 0.329 e. The first-order chi connectivity index (χ1) is 8.51. The monoisotopic (exact) mass is 254 g/mol. The van der Waals surface area contributed by atoms with Crippen molar-refractivity contribution in [2.24, 2.45) is 5.92 Å². The van der Waals surface area contributed by atoms with Crippen LogP contribution in [-0.2, 0) is 14.4 Å². The van der Waals surface area contributed by atoms with Gasteiger partial charge in [0.05, 0.1) is 5.92 Å². The third-order valence-electron chi connectivity index (χ3n) is 4.06. The highest BCUT2D eigenvalue weighted by Crippen LogP contribution is 2.34. The first kappa shape index (κ1) is 12.9. The number of nitrogens with zero attached hydrogens (tertiary/aromatic N) is 1. The van der Waals surface area contributed by atoms with Crippen molar-refractivity contribution in [3.63, 3.8) is 0 Å². The second-order valence-corrected chi connectivity index (χ2v) is 4.99. The van der Waals surface area contributed by atoms with Gasteiger partial charge >= 0.3 is 5.97 Å². The molecule has 0 radical (unpaired) electrons. The van der Waals surface area contributed by atoms with E-state index >= 15 is 0 Å². The molecule has 0 spiro atoms. The highest BCUT2D eigenvalue weighted by molar-refractivity contribution is 5.93. The van der Waals surface area contributed by atoms with Crippen LogP contribution in [0, 0.1) is 5.92 Å². The van der Waals surface area contributed by atoms with Gasteiger partial charge in [-0.05, 0) is 19.3 Å². The van der Waals surface area contributed by atoms with Crippen molar-refractivity contribution < 1.29 is 19.5 Å². The first-order valence-corrected chi connectivity index (χ1v) is 6.33. The summed E-state index contributed by atoms with van der Waals surface area (Å²) < 4.78 is 0. The van der Waals surface area contributed by atoms with Gasteiger partial charge in [-0.25, -0.2) is 4.79 Å². The molecular weight excluding hydrogens is 236 g/mol. The molecule has 2 unspecified atom stereocenters. The number of carbonyl (C=O) groups excluding carboxylic acids is 2. The van der Waals surface area contributed by atoms with E-state index in [2.05, 4.69) is 5.32 Å². The lowest BCUT2D eigenvalue weighted by Crippen LogP contribution is -2.54. The Kier molecular flexibility index (Phi) is 3.28. The zero-order chi connectivity index (χ0) is 13.3. The third-order valence-corrected chi connectivity index (χ3v) is 4.06. The maximum atomic E-state index is 12.3. The molecule has 2 amide bonds. The van der Waals surface area contributed by atoms with Crippen molar-refractivity contribution in [2.75, 3.05) is 13.1 Å². The Bertz CT molecular complexity index is 396. The van der Waals surface area contributed by atoms with E-state index in [0.29, 0.717) is 32.4 Å². The molecule has 2 rings (SSSR count). The largest absolute Gasteiger partial charge is 0.479 e. The van der Waals surface area contributed by atoms with E-state index in [4.69, 9.17) is 0 Å². The molecule has 18 heavy (non-hydrogen) atoms. The van der Waals surface area contributed by atoms with Gasteiger partial charge in [-0.15, -0.1) is 0 Å². The van der Waals surface area contributed by atoms with Crippen LogP contribution in [0.4, 0.5) is 0 Å². The molecule has 2 saturated heterocycles. The fourth-order valence-corrected chi connectivity index (χ4v) is 2.94. The Labute approximate surface area is 105 Å². The van der Waals surface area contributed by atoms with Gasteiger partial charge in [0.1, 0.15) is 5.54 Å². The minimum atomic E-state index is -1.07. The smallest absolute Gasteiger partial charge is 0.329 e. The molecule has 100 valence electrons. The summed E-state index contributed by atoms with van der Waals surface area (Å²) in [6.45, 7) is 2.59. The van der Waals surface area contributed by atoms with Gasteiger partial charge in [0.2, 0.25) is 11.8 Å². The van der Waals surface area contributed by atoms with Crippen LogP contribution in [0.2, 0.25) is 0 Å². The van der Waals surface area contributed by atoms with Crippen molar-refractivity contribution >= 4 is 17.8 Å². The zero-order valence-electron chi connectivity index (χ0n) is 10.4. The second-order valence-electron chi connectivity index (χ2n) is 4.99. The van der Waals surface area contributed by atoms with E-state index in [-0.39, 0.29) is 18.2 Å². The second kappa shape index (κ2) is 4.59. The molecular formula is C12H18N2O4. The predicted molar refractivity (Wildman–Crippen MR) is 62.7 cm³/mol. The van der Waals surface area contributed by atoms with Gasteiger partial charge in [-0.3, -0.25) is 9.59 Å². The van der Waals surface area contributed by atoms with E-state index in [1.165, 1.54) is 4.90 Å². The summed E-state index contributed by atoms with van der Waals surface area (Å²) in [7, 11) is 0. The molecule has 2 N–H and O–H groups in total. The Hall–Kier alpha value is -1.59. The molecule has 0 bridgehead atoms. The number of nitrogens with one attached hydrogen (secondary N) is 1. The minimum Gasteiger partial charge on any atom is -0.479 e. The van der Waals surface area contributed by atoms with Crippen LogP contribution in [0.25, 0.3) is 0 Å². The number of aliphatic carboxylic acids is 1. The summed E-state index contributed by atoms with van der Waals surface area (Å²) in [5.41, 5.74) is -1.07. The van der Waals surface area contributed by atoms with Gasteiger partial charge < -0.3 is 15.3 Å². The summed E-state index contributed by atoms with van der Waals surface area (Å²) >= 11 is 0. The fraction of sp³-hybridized carbons (Fsp3) is 0.750. The molecule has 2 fully saturated rings. The van der Waals surface area contributed by atoms with Gasteiger partial charge in [0, 0.05) is 19.5 Å². The van der Waals surface area contributed by atoms with Crippen LogP contribution in [0.3, 0.4) is 0 Å². The lowest BCUT2D eigenvalue weighted by Gasteiger charge is -2.35. The number of likely N-dealkylation sites (tertiary alicyclic amines) is 1. The number of amides is 2. The lowest BCUT2D eigenvalue weighted by atomic mass is 9.91. The van der Waals surface area contributed by atoms with E-state index in [9.17, 15) is 19.5 Å². The van der Waals surface area contributed by atoms with Gasteiger partial charge in [-0.2, -0.15) is 0 Å². The molecule has 2 aliphatic rings. The molecule has 2 aliphatic heterocycles. The maximum absolute atomic E-state index is 12.3. The van der Waals surface area contributed by atoms with E-state index in [1.807, 2.05) is 0 Å². The van der Waals surface area contributed by atoms with Gasteiger partial charge in [-0.1, -0.05) is 6.92 Å². The molecule has 6 nitrogen and oxygen atoms in total. The van der Waals surface area contributed by atoms with E-state index in [0.717, 1.165) is 0 Å². The summed E-state index contributed by atoms with van der Waals surface area (Å²) in [6, 6.07) is 0. The van der Waals surface area contributed by atoms with Crippen LogP contribution in [0.5, 0.6) is 0 Å².